The smallest absolute Gasteiger partial charge is 0.128 e. The van der Waals surface area contributed by atoms with Crippen molar-refractivity contribution in [2.45, 2.75) is 72.3 Å². The van der Waals surface area contributed by atoms with E-state index in [1.54, 1.807) is 0 Å². The first-order chi connectivity index (χ1) is 9.87. The van der Waals surface area contributed by atoms with Crippen LogP contribution >= 0.6 is 0 Å². The maximum Gasteiger partial charge on any atom is 0.128 e. The molecule has 0 aromatic heterocycles. The Morgan fingerprint density at radius 3 is 2.05 bits per heavy atom. The minimum Gasteiger partial charge on any atom is -0.507 e. The number of benzene rings is 1. The standard InChI is InChI=1S/C19H31NO2/c1-12(11-21)20-13(2)15-9-14(18(3,4)5)10-16(17(15)22)19(6,7)8/h9-10,12,21-22H,11H2,1-8H3/t12-/m0/s1. The predicted molar refractivity (Wildman–Crippen MR) is 94.3 cm³/mol. The minimum atomic E-state index is -0.171. The van der Waals surface area contributed by atoms with Crippen molar-refractivity contribution in [2.75, 3.05) is 6.61 Å². The Labute approximate surface area is 135 Å². The molecular weight excluding hydrogens is 274 g/mol. The first-order valence-electron chi connectivity index (χ1n) is 7.91. The highest BCUT2D eigenvalue weighted by molar-refractivity contribution is 6.01. The van der Waals surface area contributed by atoms with Gasteiger partial charge in [0.15, 0.2) is 0 Å². The fraction of sp³-hybridized carbons (Fsp3) is 0.632. The van der Waals surface area contributed by atoms with E-state index in [-0.39, 0.29) is 23.5 Å². The summed E-state index contributed by atoms with van der Waals surface area (Å²) in [5.41, 5.74) is 3.47. The van der Waals surface area contributed by atoms with E-state index in [1.807, 2.05) is 19.9 Å². The van der Waals surface area contributed by atoms with Crippen LogP contribution in [-0.4, -0.2) is 28.6 Å². The average molecular weight is 305 g/mol. The van der Waals surface area contributed by atoms with E-state index in [0.717, 1.165) is 16.8 Å². The van der Waals surface area contributed by atoms with Gasteiger partial charge < -0.3 is 10.2 Å². The zero-order valence-electron chi connectivity index (χ0n) is 15.3. The van der Waals surface area contributed by atoms with Crippen molar-refractivity contribution in [1.29, 1.82) is 0 Å². The molecule has 0 saturated carbocycles. The number of hydrogen-bond acceptors (Lipinski definition) is 3. The highest BCUT2D eigenvalue weighted by atomic mass is 16.3. The molecule has 0 aliphatic heterocycles. The van der Waals surface area contributed by atoms with Crippen molar-refractivity contribution in [3.63, 3.8) is 0 Å². The van der Waals surface area contributed by atoms with Crippen LogP contribution in [0.2, 0.25) is 0 Å². The summed E-state index contributed by atoms with van der Waals surface area (Å²) in [4.78, 5) is 4.48. The molecule has 0 spiro atoms. The molecule has 0 unspecified atom stereocenters. The van der Waals surface area contributed by atoms with Crippen molar-refractivity contribution < 1.29 is 10.2 Å². The second kappa shape index (κ2) is 6.41. The summed E-state index contributed by atoms with van der Waals surface area (Å²) in [5.74, 6) is 0.298. The number of aliphatic imine (C=N–C) groups is 1. The van der Waals surface area contributed by atoms with Crippen LogP contribution < -0.4 is 0 Å². The van der Waals surface area contributed by atoms with Crippen molar-refractivity contribution in [3.8, 4) is 5.75 Å². The number of phenolic OH excluding ortho intramolecular Hbond substituents is 1. The van der Waals surface area contributed by atoms with Crippen LogP contribution in [0, 0.1) is 0 Å². The summed E-state index contributed by atoms with van der Waals surface area (Å²) in [6.45, 7) is 16.5. The summed E-state index contributed by atoms with van der Waals surface area (Å²) in [6, 6.07) is 3.95. The normalized spacial score (nSPS) is 15.0. The summed E-state index contributed by atoms with van der Waals surface area (Å²) in [6.07, 6.45) is 0. The van der Waals surface area contributed by atoms with Gasteiger partial charge in [0.1, 0.15) is 5.75 Å². The summed E-state index contributed by atoms with van der Waals surface area (Å²) >= 11 is 0. The second-order valence-corrected chi connectivity index (χ2v) is 8.17. The molecule has 124 valence electrons. The van der Waals surface area contributed by atoms with Crippen LogP contribution in [-0.2, 0) is 10.8 Å². The van der Waals surface area contributed by atoms with Crippen LogP contribution in [0.1, 0.15) is 72.1 Å². The molecule has 0 heterocycles. The van der Waals surface area contributed by atoms with Gasteiger partial charge >= 0.3 is 0 Å². The molecule has 0 bridgehead atoms. The third kappa shape index (κ3) is 4.33. The quantitative estimate of drug-likeness (QED) is 0.823. The molecule has 22 heavy (non-hydrogen) atoms. The minimum absolute atomic E-state index is 0.00317. The van der Waals surface area contributed by atoms with Gasteiger partial charge in [-0.15, -0.1) is 0 Å². The van der Waals surface area contributed by atoms with Gasteiger partial charge in [0.25, 0.3) is 0 Å². The lowest BCUT2D eigenvalue weighted by Gasteiger charge is -2.27. The lowest BCUT2D eigenvalue weighted by atomic mass is 9.78. The monoisotopic (exact) mass is 305 g/mol. The van der Waals surface area contributed by atoms with Crippen LogP contribution in [0.15, 0.2) is 17.1 Å². The molecule has 1 aromatic carbocycles. The van der Waals surface area contributed by atoms with Gasteiger partial charge in [0.05, 0.1) is 12.6 Å². The van der Waals surface area contributed by atoms with Gasteiger partial charge in [0, 0.05) is 16.8 Å². The molecule has 2 N–H and O–H groups in total. The molecule has 1 rings (SSSR count). The Morgan fingerprint density at radius 1 is 1.09 bits per heavy atom. The highest BCUT2D eigenvalue weighted by Crippen LogP contribution is 2.37. The number of aromatic hydroxyl groups is 1. The number of phenols is 1. The number of rotatable bonds is 3. The van der Waals surface area contributed by atoms with E-state index in [0.29, 0.717) is 5.75 Å². The van der Waals surface area contributed by atoms with Gasteiger partial charge in [-0.1, -0.05) is 47.6 Å². The zero-order valence-corrected chi connectivity index (χ0v) is 15.3. The van der Waals surface area contributed by atoms with Crippen LogP contribution in [0.4, 0.5) is 0 Å². The Bertz CT molecular complexity index is 560. The number of nitrogens with zero attached hydrogens (tertiary/aromatic N) is 1. The lowest BCUT2D eigenvalue weighted by molar-refractivity contribution is 0.274. The molecule has 0 fully saturated rings. The maximum atomic E-state index is 10.7. The van der Waals surface area contributed by atoms with Crippen LogP contribution in [0.3, 0.4) is 0 Å². The Hall–Kier alpha value is -1.35. The van der Waals surface area contributed by atoms with E-state index < -0.39 is 0 Å². The van der Waals surface area contributed by atoms with Crippen molar-refractivity contribution in [1.82, 2.24) is 0 Å². The van der Waals surface area contributed by atoms with Gasteiger partial charge in [-0.2, -0.15) is 0 Å². The van der Waals surface area contributed by atoms with E-state index >= 15 is 0 Å². The Balaban J connectivity index is 3.60. The van der Waals surface area contributed by atoms with E-state index in [1.165, 1.54) is 5.56 Å². The molecule has 0 radical (unpaired) electrons. The number of aliphatic hydroxyl groups excluding tert-OH is 1. The molecular formula is C19H31NO2. The summed E-state index contributed by atoms with van der Waals surface area (Å²) in [5, 5.41) is 19.9. The fourth-order valence-electron chi connectivity index (χ4n) is 2.36. The number of aliphatic hydroxyl groups is 1. The molecule has 0 aliphatic carbocycles. The van der Waals surface area contributed by atoms with E-state index in [2.05, 4.69) is 52.6 Å². The topological polar surface area (TPSA) is 52.8 Å². The lowest BCUT2D eigenvalue weighted by Crippen LogP contribution is -2.19. The summed E-state index contributed by atoms with van der Waals surface area (Å²) < 4.78 is 0. The second-order valence-electron chi connectivity index (χ2n) is 8.17. The van der Waals surface area contributed by atoms with Crippen molar-refractivity contribution in [3.05, 3.63) is 28.8 Å². The zero-order chi connectivity index (χ0) is 17.3. The molecule has 1 aromatic rings. The fourth-order valence-corrected chi connectivity index (χ4v) is 2.36. The molecule has 3 nitrogen and oxygen atoms in total. The molecule has 1 atom stereocenters. The van der Waals surface area contributed by atoms with Crippen molar-refractivity contribution in [2.24, 2.45) is 4.99 Å². The third-order valence-electron chi connectivity index (χ3n) is 3.85. The largest absolute Gasteiger partial charge is 0.507 e. The Morgan fingerprint density at radius 2 is 1.64 bits per heavy atom. The van der Waals surface area contributed by atoms with Gasteiger partial charge in [-0.25, -0.2) is 0 Å². The SMILES string of the molecule is CC(=N[C@@H](C)CO)c1cc(C(C)(C)C)cc(C(C)(C)C)c1O. The van der Waals surface area contributed by atoms with Gasteiger partial charge in [-0.3, -0.25) is 4.99 Å². The van der Waals surface area contributed by atoms with Gasteiger partial charge in [0.2, 0.25) is 0 Å². The van der Waals surface area contributed by atoms with E-state index in [9.17, 15) is 10.2 Å². The molecule has 0 amide bonds. The maximum absolute atomic E-state index is 10.7. The molecule has 3 heteroatoms. The number of hydrogen-bond donors (Lipinski definition) is 2. The first-order valence-corrected chi connectivity index (χ1v) is 7.91. The van der Waals surface area contributed by atoms with Crippen LogP contribution in [0.5, 0.6) is 5.75 Å². The third-order valence-corrected chi connectivity index (χ3v) is 3.85. The average Bonchev–Trinajstić information content (AvgIpc) is 2.35. The van der Waals surface area contributed by atoms with Crippen LogP contribution in [0.25, 0.3) is 0 Å². The summed E-state index contributed by atoms with van der Waals surface area (Å²) in [7, 11) is 0. The van der Waals surface area contributed by atoms with E-state index in [4.69, 9.17) is 0 Å². The molecule has 0 saturated heterocycles. The predicted octanol–water partition coefficient (Wildman–Crippen LogP) is 4.18. The molecule has 0 aliphatic rings. The Kier molecular flexibility index (Phi) is 5.45. The first kappa shape index (κ1) is 18.7. The van der Waals surface area contributed by atoms with Gasteiger partial charge in [-0.05, 0) is 36.3 Å². The van der Waals surface area contributed by atoms with Crippen molar-refractivity contribution >= 4 is 5.71 Å². The highest BCUT2D eigenvalue weighted by Gasteiger charge is 2.25.